The largest absolute Gasteiger partial charge is 0.354 e. The molecule has 2 heterocycles. The number of halogens is 1. The minimum absolute atomic E-state index is 0.252. The normalized spacial score (nSPS) is 17.5. The van der Waals surface area contributed by atoms with Crippen molar-refractivity contribution in [3.63, 3.8) is 0 Å². The predicted molar refractivity (Wildman–Crippen MR) is 65.7 cm³/mol. The number of nitrogens with one attached hydrogen (secondary N) is 1. The summed E-state index contributed by atoms with van der Waals surface area (Å²) in [5.41, 5.74) is 0.505. The third-order valence-corrected chi connectivity index (χ3v) is 3.38. The first-order chi connectivity index (χ1) is 8.26. The monoisotopic (exact) mass is 238 g/mol. The molecule has 1 fully saturated rings. The van der Waals surface area contributed by atoms with Gasteiger partial charge in [0, 0.05) is 19.1 Å². The number of piperidine rings is 1. The van der Waals surface area contributed by atoms with E-state index in [1.165, 1.54) is 6.33 Å². The first kappa shape index (κ1) is 12.2. The van der Waals surface area contributed by atoms with Crippen molar-refractivity contribution >= 4 is 5.82 Å². The Morgan fingerprint density at radius 2 is 2.12 bits per heavy atom. The van der Waals surface area contributed by atoms with Crippen molar-refractivity contribution in [3.05, 3.63) is 17.8 Å². The summed E-state index contributed by atoms with van der Waals surface area (Å²) in [6.45, 7) is 3.60. The second kappa shape index (κ2) is 5.40. The first-order valence-corrected chi connectivity index (χ1v) is 6.17. The van der Waals surface area contributed by atoms with E-state index in [1.807, 2.05) is 18.9 Å². The zero-order valence-corrected chi connectivity index (χ0v) is 10.4. The Hall–Kier alpha value is -1.23. The predicted octanol–water partition coefficient (Wildman–Crippen LogP) is 1.37. The van der Waals surface area contributed by atoms with Crippen LogP contribution in [0, 0.1) is 5.82 Å². The molecule has 94 valence electrons. The summed E-state index contributed by atoms with van der Waals surface area (Å²) >= 11 is 0. The molecule has 1 N–H and O–H groups in total. The molecule has 0 radical (unpaired) electrons. The molecule has 0 aromatic carbocycles. The molecule has 4 nitrogen and oxygen atoms in total. The fourth-order valence-electron chi connectivity index (χ4n) is 2.24. The fourth-order valence-corrected chi connectivity index (χ4v) is 2.24. The Bertz CT molecular complexity index is 375. The minimum atomic E-state index is -0.252. The van der Waals surface area contributed by atoms with E-state index in [9.17, 15) is 4.39 Å². The van der Waals surface area contributed by atoms with Crippen molar-refractivity contribution in [2.45, 2.75) is 32.2 Å². The van der Waals surface area contributed by atoms with Gasteiger partial charge in [0.1, 0.15) is 6.33 Å². The van der Waals surface area contributed by atoms with Crippen LogP contribution in [0.4, 0.5) is 10.2 Å². The molecule has 0 saturated carbocycles. The van der Waals surface area contributed by atoms with Gasteiger partial charge in [-0.05, 0) is 26.3 Å². The molecule has 2 rings (SSSR count). The third-order valence-electron chi connectivity index (χ3n) is 3.38. The van der Waals surface area contributed by atoms with Crippen LogP contribution in [0.3, 0.4) is 0 Å². The summed E-state index contributed by atoms with van der Waals surface area (Å²) in [6, 6.07) is 0.543. The van der Waals surface area contributed by atoms with E-state index in [1.54, 1.807) is 0 Å². The third kappa shape index (κ3) is 2.54. The standard InChI is InChI=1S/C12H19FN4/c1-3-10-11(13)12(16-8-15-10)17-6-4-9(14-2)5-7-17/h8-9,14H,3-7H2,1-2H3. The van der Waals surface area contributed by atoms with Crippen LogP contribution in [0.2, 0.25) is 0 Å². The van der Waals surface area contributed by atoms with Gasteiger partial charge in [-0.2, -0.15) is 0 Å². The van der Waals surface area contributed by atoms with E-state index in [-0.39, 0.29) is 5.82 Å². The van der Waals surface area contributed by atoms with Crippen LogP contribution in [0.15, 0.2) is 6.33 Å². The number of nitrogens with zero attached hydrogens (tertiary/aromatic N) is 3. The van der Waals surface area contributed by atoms with Crippen molar-refractivity contribution in [1.82, 2.24) is 15.3 Å². The highest BCUT2D eigenvalue weighted by atomic mass is 19.1. The van der Waals surface area contributed by atoms with Crippen molar-refractivity contribution in [2.24, 2.45) is 0 Å². The number of hydrogen-bond donors (Lipinski definition) is 1. The number of rotatable bonds is 3. The maximum absolute atomic E-state index is 14.1. The molecule has 1 aliphatic heterocycles. The lowest BCUT2D eigenvalue weighted by Crippen LogP contribution is -2.42. The lowest BCUT2D eigenvalue weighted by atomic mass is 10.1. The lowest BCUT2D eigenvalue weighted by Gasteiger charge is -2.32. The number of anilines is 1. The van der Waals surface area contributed by atoms with Gasteiger partial charge in [-0.1, -0.05) is 6.92 Å². The zero-order valence-electron chi connectivity index (χ0n) is 10.4. The molecule has 5 heteroatoms. The van der Waals surface area contributed by atoms with Crippen LogP contribution in [0.25, 0.3) is 0 Å². The van der Waals surface area contributed by atoms with Crippen LogP contribution in [0.1, 0.15) is 25.5 Å². The van der Waals surface area contributed by atoms with Gasteiger partial charge in [0.25, 0.3) is 0 Å². The molecule has 1 aromatic rings. The second-order valence-corrected chi connectivity index (χ2v) is 4.36. The Kier molecular flexibility index (Phi) is 3.89. The smallest absolute Gasteiger partial charge is 0.187 e. The molecule has 0 aliphatic carbocycles. The van der Waals surface area contributed by atoms with Crippen LogP contribution in [0.5, 0.6) is 0 Å². The van der Waals surface area contributed by atoms with Gasteiger partial charge in [-0.3, -0.25) is 0 Å². The molecule has 1 aromatic heterocycles. The summed E-state index contributed by atoms with van der Waals surface area (Å²) < 4.78 is 14.1. The maximum atomic E-state index is 14.1. The van der Waals surface area contributed by atoms with Gasteiger partial charge >= 0.3 is 0 Å². The molecule has 0 atom stereocenters. The van der Waals surface area contributed by atoms with Crippen LogP contribution >= 0.6 is 0 Å². The second-order valence-electron chi connectivity index (χ2n) is 4.36. The highest BCUT2D eigenvalue weighted by molar-refractivity contribution is 5.41. The molecule has 1 saturated heterocycles. The number of aromatic nitrogens is 2. The summed E-state index contributed by atoms with van der Waals surface area (Å²) in [5, 5.41) is 3.26. The van der Waals surface area contributed by atoms with Crippen molar-refractivity contribution in [3.8, 4) is 0 Å². The number of aryl methyl sites for hydroxylation is 1. The molecular formula is C12H19FN4. The minimum Gasteiger partial charge on any atom is -0.354 e. The van der Waals surface area contributed by atoms with Gasteiger partial charge in [0.05, 0.1) is 5.69 Å². The summed E-state index contributed by atoms with van der Waals surface area (Å²) in [6.07, 6.45) is 4.12. The van der Waals surface area contributed by atoms with E-state index < -0.39 is 0 Å². The van der Waals surface area contributed by atoms with E-state index in [2.05, 4.69) is 15.3 Å². The SMILES string of the molecule is CCc1ncnc(N2CCC(NC)CC2)c1F. The average molecular weight is 238 g/mol. The van der Waals surface area contributed by atoms with E-state index in [0.717, 1.165) is 25.9 Å². The highest BCUT2D eigenvalue weighted by Crippen LogP contribution is 2.22. The van der Waals surface area contributed by atoms with Gasteiger partial charge in [-0.15, -0.1) is 0 Å². The first-order valence-electron chi connectivity index (χ1n) is 6.17. The van der Waals surface area contributed by atoms with Crippen molar-refractivity contribution in [1.29, 1.82) is 0 Å². The van der Waals surface area contributed by atoms with Crippen LogP contribution in [-0.2, 0) is 6.42 Å². The maximum Gasteiger partial charge on any atom is 0.187 e. The van der Waals surface area contributed by atoms with Gasteiger partial charge in [0.2, 0.25) is 0 Å². The Balaban J connectivity index is 2.13. The quantitative estimate of drug-likeness (QED) is 0.863. The summed E-state index contributed by atoms with van der Waals surface area (Å²) in [5.74, 6) is 0.212. The van der Waals surface area contributed by atoms with Crippen LogP contribution < -0.4 is 10.2 Å². The van der Waals surface area contributed by atoms with E-state index >= 15 is 0 Å². The molecule has 0 amide bonds. The molecule has 0 unspecified atom stereocenters. The average Bonchev–Trinajstić information content (AvgIpc) is 2.39. The molecule has 17 heavy (non-hydrogen) atoms. The van der Waals surface area contributed by atoms with E-state index in [0.29, 0.717) is 24.0 Å². The molecular weight excluding hydrogens is 219 g/mol. The molecule has 0 bridgehead atoms. The Morgan fingerprint density at radius 3 is 2.71 bits per heavy atom. The van der Waals surface area contributed by atoms with Gasteiger partial charge in [-0.25, -0.2) is 14.4 Å². The molecule has 1 aliphatic rings. The highest BCUT2D eigenvalue weighted by Gasteiger charge is 2.22. The van der Waals surface area contributed by atoms with Crippen LogP contribution in [-0.4, -0.2) is 36.1 Å². The van der Waals surface area contributed by atoms with Crippen molar-refractivity contribution < 1.29 is 4.39 Å². The molecule has 0 spiro atoms. The van der Waals surface area contributed by atoms with Gasteiger partial charge in [0.15, 0.2) is 11.6 Å². The topological polar surface area (TPSA) is 41.1 Å². The van der Waals surface area contributed by atoms with E-state index in [4.69, 9.17) is 0 Å². The summed E-state index contributed by atoms with van der Waals surface area (Å²) in [4.78, 5) is 10.1. The fraction of sp³-hybridized carbons (Fsp3) is 0.667. The summed E-state index contributed by atoms with van der Waals surface area (Å²) in [7, 11) is 1.97. The Labute approximate surface area is 101 Å². The zero-order chi connectivity index (χ0) is 12.3. The Morgan fingerprint density at radius 1 is 1.41 bits per heavy atom. The lowest BCUT2D eigenvalue weighted by molar-refractivity contribution is 0.435. The van der Waals surface area contributed by atoms with Gasteiger partial charge < -0.3 is 10.2 Å². The van der Waals surface area contributed by atoms with Crippen molar-refractivity contribution in [2.75, 3.05) is 25.0 Å². The number of hydrogen-bond acceptors (Lipinski definition) is 4.